The van der Waals surface area contributed by atoms with Crippen molar-refractivity contribution in [2.45, 2.75) is 6.04 Å². The minimum Gasteiger partial charge on any atom is -0.503 e. The molecule has 0 aliphatic carbocycles. The van der Waals surface area contributed by atoms with Crippen molar-refractivity contribution < 1.29 is 28.7 Å². The van der Waals surface area contributed by atoms with Gasteiger partial charge in [-0.2, -0.15) is 0 Å². The van der Waals surface area contributed by atoms with Crippen molar-refractivity contribution in [1.29, 1.82) is 0 Å². The summed E-state index contributed by atoms with van der Waals surface area (Å²) in [4.78, 5) is 29.1. The number of carbonyl (C=O) groups is 2. The number of amides is 1. The predicted molar refractivity (Wildman–Crippen MR) is 115 cm³/mol. The van der Waals surface area contributed by atoms with Crippen LogP contribution in [-0.2, 0) is 4.79 Å². The van der Waals surface area contributed by atoms with Crippen LogP contribution in [0.1, 0.15) is 22.2 Å². The molecule has 1 aromatic heterocycles. The number of rotatable bonds is 7. The number of nitrogens with zero attached hydrogens (tertiary/aromatic N) is 1. The van der Waals surface area contributed by atoms with E-state index in [2.05, 4.69) is 0 Å². The molecule has 0 saturated heterocycles. The summed E-state index contributed by atoms with van der Waals surface area (Å²) in [5.74, 6) is -0.825. The van der Waals surface area contributed by atoms with Crippen molar-refractivity contribution in [1.82, 2.24) is 4.90 Å². The van der Waals surface area contributed by atoms with E-state index in [4.69, 9.17) is 9.15 Å². The predicted octanol–water partition coefficient (Wildman–Crippen LogP) is 2.16. The van der Waals surface area contributed by atoms with Gasteiger partial charge in [-0.3, -0.25) is 9.59 Å². The molecule has 0 spiro atoms. The molecule has 4 rings (SSSR count). The van der Waals surface area contributed by atoms with Crippen molar-refractivity contribution in [2.24, 2.45) is 0 Å². The molecule has 3 aromatic rings. The summed E-state index contributed by atoms with van der Waals surface area (Å²) < 4.78 is 11.0. The second-order valence-electron chi connectivity index (χ2n) is 7.87. The Balaban J connectivity index is 1.77. The van der Waals surface area contributed by atoms with E-state index in [0.717, 1.165) is 10.3 Å². The van der Waals surface area contributed by atoms with Gasteiger partial charge in [0.1, 0.15) is 11.3 Å². The number of hydrogen-bond acceptors (Lipinski definition) is 5. The molecule has 31 heavy (non-hydrogen) atoms. The van der Waals surface area contributed by atoms with Gasteiger partial charge in [-0.05, 0) is 29.8 Å². The van der Waals surface area contributed by atoms with Gasteiger partial charge in [0.25, 0.3) is 5.91 Å². The quantitative estimate of drug-likeness (QED) is 0.571. The van der Waals surface area contributed by atoms with E-state index in [9.17, 15) is 14.7 Å². The second kappa shape index (κ2) is 8.28. The van der Waals surface area contributed by atoms with E-state index in [1.807, 2.05) is 32.3 Å². The SMILES string of the molecule is COc1ccc([C@H]2C(C(=O)c3cc4ccccc4o3)=C(O)C(=O)N2CC[NH+](C)C)cc1. The molecule has 1 aliphatic rings. The Morgan fingerprint density at radius 1 is 1.16 bits per heavy atom. The maximum absolute atomic E-state index is 13.4. The number of ether oxygens (including phenoxy) is 1. The highest BCUT2D eigenvalue weighted by Crippen LogP contribution is 2.39. The maximum atomic E-state index is 13.4. The molecule has 1 amide bonds. The zero-order valence-electron chi connectivity index (χ0n) is 17.7. The van der Waals surface area contributed by atoms with E-state index < -0.39 is 23.5 Å². The summed E-state index contributed by atoms with van der Waals surface area (Å²) >= 11 is 0. The van der Waals surface area contributed by atoms with Gasteiger partial charge in [-0.25, -0.2) is 0 Å². The molecule has 0 unspecified atom stereocenters. The highest BCUT2D eigenvalue weighted by Gasteiger charge is 2.44. The summed E-state index contributed by atoms with van der Waals surface area (Å²) in [7, 11) is 5.54. The molecular formula is C24H25N2O5+. The third-order valence-corrected chi connectivity index (χ3v) is 5.48. The van der Waals surface area contributed by atoms with Gasteiger partial charge >= 0.3 is 0 Å². The molecule has 2 aromatic carbocycles. The lowest BCUT2D eigenvalue weighted by molar-refractivity contribution is -0.857. The van der Waals surface area contributed by atoms with Gasteiger partial charge < -0.3 is 24.1 Å². The van der Waals surface area contributed by atoms with Crippen LogP contribution >= 0.6 is 0 Å². The molecule has 2 heterocycles. The summed E-state index contributed by atoms with van der Waals surface area (Å²) in [5.41, 5.74) is 1.32. The number of quaternary nitrogens is 1. The smallest absolute Gasteiger partial charge is 0.290 e. The molecule has 0 fully saturated rings. The molecular weight excluding hydrogens is 396 g/mol. The van der Waals surface area contributed by atoms with Crippen LogP contribution in [0.5, 0.6) is 5.75 Å². The number of likely N-dealkylation sites (N-methyl/N-ethyl adjacent to an activating group) is 1. The topological polar surface area (TPSA) is 84.4 Å². The number of ketones is 1. The van der Waals surface area contributed by atoms with E-state index in [-0.39, 0.29) is 11.3 Å². The van der Waals surface area contributed by atoms with E-state index >= 15 is 0 Å². The van der Waals surface area contributed by atoms with Crippen LogP contribution in [-0.4, -0.2) is 56.0 Å². The van der Waals surface area contributed by atoms with E-state index in [1.54, 1.807) is 48.4 Å². The minimum absolute atomic E-state index is 0.0305. The summed E-state index contributed by atoms with van der Waals surface area (Å²) in [5, 5.41) is 11.5. The van der Waals surface area contributed by atoms with Crippen molar-refractivity contribution in [3.8, 4) is 5.75 Å². The molecule has 0 saturated carbocycles. The molecule has 0 radical (unpaired) electrons. The van der Waals surface area contributed by atoms with Crippen molar-refractivity contribution in [3.63, 3.8) is 0 Å². The lowest BCUT2D eigenvalue weighted by Crippen LogP contribution is -3.06. The Morgan fingerprint density at radius 3 is 2.52 bits per heavy atom. The fourth-order valence-corrected chi connectivity index (χ4v) is 3.82. The number of para-hydroxylation sites is 1. The van der Waals surface area contributed by atoms with Crippen LogP contribution in [0.2, 0.25) is 0 Å². The van der Waals surface area contributed by atoms with Crippen LogP contribution < -0.4 is 9.64 Å². The standard InChI is InChI=1S/C24H24N2O5/c1-25(2)12-13-26-21(15-8-10-17(30-3)11-9-15)20(23(28)24(26)29)22(27)19-14-16-6-4-5-7-18(16)31-19/h4-11,14,21,28H,12-13H2,1-3H3/p+1/t21-/m0/s1. The zero-order chi connectivity index (χ0) is 22.1. The number of methoxy groups -OCH3 is 1. The fraction of sp³-hybridized carbons (Fsp3) is 0.250. The van der Waals surface area contributed by atoms with Crippen LogP contribution in [0.3, 0.4) is 0 Å². The molecule has 7 nitrogen and oxygen atoms in total. The normalized spacial score (nSPS) is 16.6. The first kappa shape index (κ1) is 20.7. The molecule has 1 aliphatic heterocycles. The Morgan fingerprint density at radius 2 is 1.87 bits per heavy atom. The number of aliphatic hydroxyl groups excluding tert-OH is 1. The van der Waals surface area contributed by atoms with Gasteiger partial charge in [0.05, 0.1) is 45.9 Å². The Bertz CT molecular complexity index is 1130. The highest BCUT2D eigenvalue weighted by atomic mass is 16.5. The van der Waals surface area contributed by atoms with E-state index in [1.165, 1.54) is 0 Å². The van der Waals surface area contributed by atoms with Gasteiger partial charge in [-0.15, -0.1) is 0 Å². The number of furan rings is 1. The Labute approximate surface area is 180 Å². The lowest BCUT2D eigenvalue weighted by atomic mass is 9.95. The highest BCUT2D eigenvalue weighted by molar-refractivity contribution is 6.16. The summed E-state index contributed by atoms with van der Waals surface area (Å²) in [6, 6.07) is 15.4. The number of hydrogen-bond donors (Lipinski definition) is 2. The van der Waals surface area contributed by atoms with Gasteiger partial charge in [0, 0.05) is 5.39 Å². The third-order valence-electron chi connectivity index (χ3n) is 5.48. The van der Waals surface area contributed by atoms with Crippen LogP contribution in [0, 0.1) is 0 Å². The second-order valence-corrected chi connectivity index (χ2v) is 7.87. The average Bonchev–Trinajstić information content (AvgIpc) is 3.31. The largest absolute Gasteiger partial charge is 0.503 e. The van der Waals surface area contributed by atoms with Crippen molar-refractivity contribution in [2.75, 3.05) is 34.3 Å². The van der Waals surface area contributed by atoms with Gasteiger partial charge in [0.15, 0.2) is 11.5 Å². The average molecular weight is 421 g/mol. The number of fused-ring (bicyclic) bond motifs is 1. The third kappa shape index (κ3) is 3.80. The fourth-order valence-electron chi connectivity index (χ4n) is 3.82. The number of nitrogens with one attached hydrogen (secondary N) is 1. The summed E-state index contributed by atoms with van der Waals surface area (Å²) in [6.07, 6.45) is 0. The minimum atomic E-state index is -0.710. The first-order chi connectivity index (χ1) is 14.9. The zero-order valence-corrected chi connectivity index (χ0v) is 17.7. The summed E-state index contributed by atoms with van der Waals surface area (Å²) in [6.45, 7) is 1.05. The number of carbonyl (C=O) groups excluding carboxylic acids is 2. The molecule has 7 heteroatoms. The first-order valence-corrected chi connectivity index (χ1v) is 10.1. The van der Waals surface area contributed by atoms with Crippen LogP contribution in [0.15, 0.2) is 70.3 Å². The molecule has 160 valence electrons. The van der Waals surface area contributed by atoms with Crippen LogP contribution in [0.25, 0.3) is 11.0 Å². The monoisotopic (exact) mass is 421 g/mol. The number of benzene rings is 2. The molecule has 2 N–H and O–H groups in total. The van der Waals surface area contributed by atoms with Gasteiger partial charge in [0.2, 0.25) is 5.78 Å². The first-order valence-electron chi connectivity index (χ1n) is 10.1. The Hall–Kier alpha value is -3.58. The Kier molecular flexibility index (Phi) is 5.52. The lowest BCUT2D eigenvalue weighted by Gasteiger charge is -2.27. The van der Waals surface area contributed by atoms with Crippen molar-refractivity contribution >= 4 is 22.7 Å². The van der Waals surface area contributed by atoms with E-state index in [0.29, 0.717) is 30.0 Å². The molecule has 0 bridgehead atoms. The number of aliphatic hydroxyl groups is 1. The van der Waals surface area contributed by atoms with Gasteiger partial charge in [-0.1, -0.05) is 30.3 Å². The number of Topliss-reactive ketones (excluding diaryl/α,β-unsaturated/α-hetero) is 1. The van der Waals surface area contributed by atoms with Crippen LogP contribution in [0.4, 0.5) is 0 Å². The molecule has 1 atom stereocenters. The maximum Gasteiger partial charge on any atom is 0.290 e. The van der Waals surface area contributed by atoms with Crippen molar-refractivity contribution in [3.05, 3.63) is 77.3 Å².